The molecule has 3 fully saturated rings. The largest absolute Gasteiger partial charge is 0.464 e. The van der Waals surface area contributed by atoms with Gasteiger partial charge in [0, 0.05) is 10.3 Å². The molecule has 1 saturated carbocycles. The summed E-state index contributed by atoms with van der Waals surface area (Å²) in [5.74, 6) is -0.504. The van der Waals surface area contributed by atoms with E-state index in [4.69, 9.17) is 13.9 Å². The number of halogens is 1. The first-order valence-corrected chi connectivity index (χ1v) is 13.3. The molecular weight excluding hydrogens is 451 g/mol. The van der Waals surface area contributed by atoms with Crippen LogP contribution < -0.4 is 0 Å². The van der Waals surface area contributed by atoms with Gasteiger partial charge in [0.2, 0.25) is 0 Å². The Morgan fingerprint density at radius 1 is 1.28 bits per heavy atom. The summed E-state index contributed by atoms with van der Waals surface area (Å²) in [4.78, 5) is 25.1. The summed E-state index contributed by atoms with van der Waals surface area (Å²) < 4.78 is 18.9. The summed E-state index contributed by atoms with van der Waals surface area (Å²) in [5, 5.41) is 0.0152. The molecule has 2 heterocycles. The third-order valence-corrected chi connectivity index (χ3v) is 13.2. The summed E-state index contributed by atoms with van der Waals surface area (Å²) in [6.45, 7) is 15.2. The fraction of sp³-hybridized carbons (Fsp3) is 0.889. The summed E-state index contributed by atoms with van der Waals surface area (Å²) in [6, 6.07) is 0. The van der Waals surface area contributed by atoms with Gasteiger partial charge >= 0.3 is 11.9 Å². The topological polar surface area (TPSA) is 61.8 Å². The van der Waals surface area contributed by atoms with Crippen LogP contribution in [0.1, 0.15) is 41.0 Å². The van der Waals surface area contributed by atoms with Crippen molar-refractivity contribution in [3.8, 4) is 0 Å². The zero-order valence-corrected chi connectivity index (χ0v) is 19.4. The lowest BCUT2D eigenvalue weighted by Gasteiger charge is -2.43. The molecule has 7 heteroatoms. The summed E-state index contributed by atoms with van der Waals surface area (Å²) in [6.07, 6.45) is -0.0320. The van der Waals surface area contributed by atoms with E-state index in [1.807, 2.05) is 13.8 Å². The molecule has 0 unspecified atom stereocenters. The quantitative estimate of drug-likeness (QED) is 0.267. The van der Waals surface area contributed by atoms with Gasteiger partial charge in [-0.25, -0.2) is 0 Å². The van der Waals surface area contributed by atoms with E-state index < -0.39 is 24.7 Å². The fourth-order valence-electron chi connectivity index (χ4n) is 4.64. The van der Waals surface area contributed by atoms with Gasteiger partial charge in [-0.1, -0.05) is 50.3 Å². The van der Waals surface area contributed by atoms with Crippen LogP contribution in [0.15, 0.2) is 0 Å². The number of esters is 2. The SMILES string of the molecule is CC(C)(C)[Si](C)(C)O[C@H]1[C@@H]2CC(=O)O[C@]2(CI)[C@]2(C)COC(=O)[C@]12C. The molecule has 3 rings (SSSR count). The molecule has 25 heavy (non-hydrogen) atoms. The van der Waals surface area contributed by atoms with Crippen LogP contribution in [-0.2, 0) is 23.5 Å². The van der Waals surface area contributed by atoms with E-state index in [-0.39, 0.29) is 35.6 Å². The number of alkyl halides is 1. The van der Waals surface area contributed by atoms with Crippen LogP contribution in [0.4, 0.5) is 0 Å². The molecule has 5 atom stereocenters. The number of fused-ring (bicyclic) bond motifs is 3. The van der Waals surface area contributed by atoms with Gasteiger partial charge in [-0.3, -0.25) is 9.59 Å². The van der Waals surface area contributed by atoms with Gasteiger partial charge in [0.05, 0.1) is 17.9 Å². The van der Waals surface area contributed by atoms with Crippen molar-refractivity contribution in [1.82, 2.24) is 0 Å². The number of hydrogen-bond donors (Lipinski definition) is 0. The van der Waals surface area contributed by atoms with E-state index in [0.717, 1.165) is 0 Å². The Bertz CT molecular complexity index is 629. The molecule has 3 aliphatic rings. The van der Waals surface area contributed by atoms with Crippen LogP contribution in [0.3, 0.4) is 0 Å². The van der Waals surface area contributed by atoms with E-state index in [9.17, 15) is 9.59 Å². The Balaban J connectivity index is 2.14. The Kier molecular flexibility index (Phi) is 4.26. The molecule has 1 aliphatic carbocycles. The second-order valence-corrected chi connectivity index (χ2v) is 15.2. The van der Waals surface area contributed by atoms with Crippen LogP contribution in [-0.4, -0.2) is 43.0 Å². The van der Waals surface area contributed by atoms with Crippen molar-refractivity contribution < 1.29 is 23.5 Å². The molecule has 0 bridgehead atoms. The highest BCUT2D eigenvalue weighted by atomic mass is 127. The molecule has 0 aromatic heterocycles. The molecule has 0 amide bonds. The first-order chi connectivity index (χ1) is 11.3. The molecule has 0 N–H and O–H groups in total. The molecule has 0 aromatic carbocycles. The monoisotopic (exact) mass is 480 g/mol. The zero-order chi connectivity index (χ0) is 19.1. The maximum Gasteiger partial charge on any atom is 0.315 e. The second-order valence-electron chi connectivity index (χ2n) is 9.72. The number of rotatable bonds is 3. The van der Waals surface area contributed by atoms with Gasteiger partial charge < -0.3 is 13.9 Å². The predicted octanol–water partition coefficient (Wildman–Crippen LogP) is 3.70. The number of cyclic esters (lactones) is 1. The molecule has 2 saturated heterocycles. The van der Waals surface area contributed by atoms with E-state index in [2.05, 4.69) is 56.5 Å². The minimum Gasteiger partial charge on any atom is -0.464 e. The first kappa shape index (κ1) is 19.6. The first-order valence-electron chi connectivity index (χ1n) is 8.90. The second kappa shape index (κ2) is 5.44. The van der Waals surface area contributed by atoms with E-state index in [0.29, 0.717) is 10.8 Å². The molecule has 5 nitrogen and oxygen atoms in total. The molecular formula is C18H29IO5Si. The third-order valence-electron chi connectivity index (χ3n) is 7.64. The number of ether oxygens (including phenoxy) is 2. The third kappa shape index (κ3) is 2.20. The van der Waals surface area contributed by atoms with Gasteiger partial charge in [-0.05, 0) is 25.1 Å². The summed E-state index contributed by atoms with van der Waals surface area (Å²) >= 11 is 2.28. The Hall–Kier alpha value is -0.153. The van der Waals surface area contributed by atoms with Crippen molar-refractivity contribution in [2.75, 3.05) is 11.0 Å². The van der Waals surface area contributed by atoms with Gasteiger partial charge in [0.1, 0.15) is 17.6 Å². The number of hydrogen-bond acceptors (Lipinski definition) is 5. The lowest BCUT2D eigenvalue weighted by Crippen LogP contribution is -2.54. The Morgan fingerprint density at radius 2 is 1.88 bits per heavy atom. The molecule has 0 spiro atoms. The molecule has 0 radical (unpaired) electrons. The van der Waals surface area contributed by atoms with Crippen molar-refractivity contribution in [2.24, 2.45) is 16.7 Å². The predicted molar refractivity (Wildman–Crippen MR) is 105 cm³/mol. The standard InChI is InChI=1S/C18H29IO5Si/c1-15(2,3)25(6,7)24-13-11-8-12(20)23-18(11,9-19)16(4)10-22-14(21)17(13,16)5/h11,13H,8-10H2,1-7H3/t11-,13-,16+,17-,18-/m0/s1. The normalized spacial score (nSPS) is 43.7. The highest BCUT2D eigenvalue weighted by Crippen LogP contribution is 2.70. The minimum absolute atomic E-state index is 0.0152. The maximum absolute atomic E-state index is 12.9. The van der Waals surface area contributed by atoms with Crippen LogP contribution in [0.5, 0.6) is 0 Å². The van der Waals surface area contributed by atoms with Crippen LogP contribution in [0, 0.1) is 16.7 Å². The maximum atomic E-state index is 12.9. The number of carbonyl (C=O) groups is 2. The van der Waals surface area contributed by atoms with Crippen LogP contribution >= 0.6 is 22.6 Å². The average Bonchev–Trinajstić information content (AvgIpc) is 2.99. The smallest absolute Gasteiger partial charge is 0.315 e. The van der Waals surface area contributed by atoms with Crippen molar-refractivity contribution in [2.45, 2.75) is 70.9 Å². The highest BCUT2D eigenvalue weighted by Gasteiger charge is 2.82. The highest BCUT2D eigenvalue weighted by molar-refractivity contribution is 14.1. The van der Waals surface area contributed by atoms with Gasteiger partial charge in [0.25, 0.3) is 0 Å². The summed E-state index contributed by atoms with van der Waals surface area (Å²) in [5.41, 5.74) is -2.06. The average molecular weight is 480 g/mol. The molecule has 142 valence electrons. The van der Waals surface area contributed by atoms with Crippen molar-refractivity contribution in [1.29, 1.82) is 0 Å². The Morgan fingerprint density at radius 3 is 2.40 bits per heavy atom. The lowest BCUT2D eigenvalue weighted by molar-refractivity contribution is -0.161. The lowest BCUT2D eigenvalue weighted by atomic mass is 9.64. The Labute approximate surface area is 164 Å². The van der Waals surface area contributed by atoms with E-state index in [1.54, 1.807) is 0 Å². The molecule has 0 aromatic rings. The van der Waals surface area contributed by atoms with Crippen molar-refractivity contribution in [3.05, 3.63) is 0 Å². The van der Waals surface area contributed by atoms with Crippen LogP contribution in [0.25, 0.3) is 0 Å². The minimum atomic E-state index is -2.14. The summed E-state index contributed by atoms with van der Waals surface area (Å²) in [7, 11) is -2.14. The van der Waals surface area contributed by atoms with Crippen molar-refractivity contribution in [3.63, 3.8) is 0 Å². The fourth-order valence-corrected chi connectivity index (χ4v) is 7.59. The van der Waals surface area contributed by atoms with Crippen molar-refractivity contribution >= 4 is 42.8 Å². The number of carbonyl (C=O) groups excluding carboxylic acids is 2. The molecule has 2 aliphatic heterocycles. The van der Waals surface area contributed by atoms with E-state index >= 15 is 0 Å². The van der Waals surface area contributed by atoms with E-state index in [1.165, 1.54) is 0 Å². The van der Waals surface area contributed by atoms with Gasteiger partial charge in [-0.2, -0.15) is 0 Å². The van der Waals surface area contributed by atoms with Gasteiger partial charge in [0.15, 0.2) is 8.32 Å². The van der Waals surface area contributed by atoms with Gasteiger partial charge in [-0.15, -0.1) is 0 Å². The van der Waals surface area contributed by atoms with Crippen LogP contribution in [0.2, 0.25) is 18.1 Å². The zero-order valence-electron chi connectivity index (χ0n) is 16.2.